The smallest absolute Gasteiger partial charge is 0.238 e. The summed E-state index contributed by atoms with van der Waals surface area (Å²) in [5, 5.41) is 12.0. The number of hydrogen-bond donors (Lipinski definition) is 3. The number of nitrogens with zero attached hydrogens (tertiary/aromatic N) is 1. The Morgan fingerprint density at radius 1 is 1.60 bits per heavy atom. The zero-order chi connectivity index (χ0) is 15.1. The van der Waals surface area contributed by atoms with E-state index in [1.165, 1.54) is 25.3 Å². The van der Waals surface area contributed by atoms with E-state index in [1.807, 2.05) is 0 Å². The largest absolute Gasteiger partial charge is 0.399 e. The Hall–Kier alpha value is -1.70. The van der Waals surface area contributed by atoms with Gasteiger partial charge in [0.2, 0.25) is 5.91 Å². The molecule has 0 saturated carbocycles. The molecule has 112 valence electrons. The minimum absolute atomic E-state index is 0.0228. The molecule has 0 aliphatic carbocycles. The van der Waals surface area contributed by atoms with Gasteiger partial charge in [-0.05, 0) is 25.2 Å². The Labute approximate surface area is 117 Å². The number of ether oxygens (including phenoxy) is 1. The molecule has 6 nitrogen and oxygen atoms in total. The lowest BCUT2D eigenvalue weighted by molar-refractivity contribution is -0.117. The number of nitrogens with one attached hydrogen (secondary N) is 1. The number of halogens is 1. The summed E-state index contributed by atoms with van der Waals surface area (Å²) in [5.41, 5.74) is 5.94. The molecular weight excluding hydrogens is 265 g/mol. The van der Waals surface area contributed by atoms with E-state index >= 15 is 0 Å². The summed E-state index contributed by atoms with van der Waals surface area (Å²) >= 11 is 0. The first-order chi connectivity index (χ1) is 9.42. The second-order valence-electron chi connectivity index (χ2n) is 4.59. The van der Waals surface area contributed by atoms with E-state index in [1.54, 1.807) is 11.9 Å². The quantitative estimate of drug-likeness (QED) is 0.627. The fourth-order valence-electron chi connectivity index (χ4n) is 1.74. The predicted octanol–water partition coefficient (Wildman–Crippen LogP) is 0.285. The number of aliphatic hydroxyl groups excluding tert-OH is 1. The molecule has 0 radical (unpaired) electrons. The Balaban J connectivity index is 2.49. The Morgan fingerprint density at radius 2 is 2.30 bits per heavy atom. The van der Waals surface area contributed by atoms with Gasteiger partial charge in [0.15, 0.2) is 0 Å². The van der Waals surface area contributed by atoms with Crippen LogP contribution in [0, 0.1) is 5.82 Å². The van der Waals surface area contributed by atoms with Crippen LogP contribution in [0.15, 0.2) is 18.2 Å². The van der Waals surface area contributed by atoms with Crippen molar-refractivity contribution in [1.82, 2.24) is 4.90 Å². The lowest BCUT2D eigenvalue weighted by Crippen LogP contribution is -2.37. The third-order valence-corrected chi connectivity index (χ3v) is 2.56. The van der Waals surface area contributed by atoms with Gasteiger partial charge in [0.25, 0.3) is 0 Å². The number of anilines is 2. The maximum absolute atomic E-state index is 13.4. The van der Waals surface area contributed by atoms with E-state index in [9.17, 15) is 14.3 Å². The SMILES string of the molecule is COCC(O)CN(C)CC(=O)Nc1cc(N)ccc1F. The lowest BCUT2D eigenvalue weighted by Gasteiger charge is -2.19. The van der Waals surface area contributed by atoms with Crippen LogP contribution in [0.5, 0.6) is 0 Å². The highest BCUT2D eigenvalue weighted by Crippen LogP contribution is 2.17. The molecule has 1 rings (SSSR count). The highest BCUT2D eigenvalue weighted by molar-refractivity contribution is 5.92. The van der Waals surface area contributed by atoms with Gasteiger partial charge in [-0.1, -0.05) is 0 Å². The van der Waals surface area contributed by atoms with E-state index < -0.39 is 11.9 Å². The Kier molecular flexibility index (Phi) is 6.37. The van der Waals surface area contributed by atoms with Crippen molar-refractivity contribution in [3.63, 3.8) is 0 Å². The van der Waals surface area contributed by atoms with Crippen molar-refractivity contribution in [2.45, 2.75) is 6.10 Å². The number of methoxy groups -OCH3 is 1. The van der Waals surface area contributed by atoms with E-state index in [4.69, 9.17) is 10.5 Å². The molecule has 1 atom stereocenters. The monoisotopic (exact) mass is 285 g/mol. The first-order valence-corrected chi connectivity index (χ1v) is 6.12. The number of rotatable bonds is 7. The average Bonchev–Trinajstić information content (AvgIpc) is 2.33. The van der Waals surface area contributed by atoms with Gasteiger partial charge in [-0.15, -0.1) is 0 Å². The summed E-state index contributed by atoms with van der Waals surface area (Å²) < 4.78 is 18.2. The summed E-state index contributed by atoms with van der Waals surface area (Å²) in [4.78, 5) is 13.4. The number of carbonyl (C=O) groups is 1. The van der Waals surface area contributed by atoms with Crippen LogP contribution >= 0.6 is 0 Å². The Bertz CT molecular complexity index is 456. The maximum atomic E-state index is 13.4. The standard InChI is InChI=1S/C13H20FN3O3/c1-17(6-10(18)8-20-2)7-13(19)16-12-5-9(15)3-4-11(12)14/h3-5,10,18H,6-8,15H2,1-2H3,(H,16,19). The summed E-state index contributed by atoms with van der Waals surface area (Å²) in [7, 11) is 3.16. The molecule has 1 aromatic rings. The molecule has 20 heavy (non-hydrogen) atoms. The first-order valence-electron chi connectivity index (χ1n) is 6.12. The van der Waals surface area contributed by atoms with Crippen LogP contribution < -0.4 is 11.1 Å². The third-order valence-electron chi connectivity index (χ3n) is 2.56. The number of hydrogen-bond acceptors (Lipinski definition) is 5. The predicted molar refractivity (Wildman–Crippen MR) is 74.8 cm³/mol. The number of benzene rings is 1. The molecule has 1 amide bonds. The molecule has 0 aliphatic rings. The molecule has 1 aromatic carbocycles. The molecule has 1 unspecified atom stereocenters. The fourth-order valence-corrected chi connectivity index (χ4v) is 1.74. The van der Waals surface area contributed by atoms with E-state index in [2.05, 4.69) is 5.32 Å². The normalized spacial score (nSPS) is 12.4. The van der Waals surface area contributed by atoms with E-state index in [-0.39, 0.29) is 31.3 Å². The first kappa shape index (κ1) is 16.4. The topological polar surface area (TPSA) is 87.8 Å². The van der Waals surface area contributed by atoms with E-state index in [0.29, 0.717) is 5.69 Å². The summed E-state index contributed by atoms with van der Waals surface area (Å²) in [6, 6.07) is 3.96. The van der Waals surface area contributed by atoms with Gasteiger partial charge in [-0.2, -0.15) is 0 Å². The van der Waals surface area contributed by atoms with Gasteiger partial charge in [0.05, 0.1) is 24.9 Å². The lowest BCUT2D eigenvalue weighted by atomic mass is 10.2. The number of carbonyl (C=O) groups excluding carboxylic acids is 1. The van der Waals surface area contributed by atoms with Crippen molar-refractivity contribution in [2.75, 3.05) is 44.9 Å². The van der Waals surface area contributed by atoms with Gasteiger partial charge in [0.1, 0.15) is 5.82 Å². The molecule has 0 aromatic heterocycles. The van der Waals surface area contributed by atoms with Crippen LogP contribution in [0.3, 0.4) is 0 Å². The van der Waals surface area contributed by atoms with Crippen molar-refractivity contribution in [3.05, 3.63) is 24.0 Å². The molecule has 0 aliphatic heterocycles. The van der Waals surface area contributed by atoms with Gasteiger partial charge < -0.3 is 20.9 Å². The van der Waals surface area contributed by atoms with Gasteiger partial charge in [0, 0.05) is 19.3 Å². The summed E-state index contributed by atoms with van der Waals surface area (Å²) in [6.45, 7) is 0.492. The van der Waals surface area contributed by atoms with Gasteiger partial charge in [-0.3, -0.25) is 9.69 Å². The van der Waals surface area contributed by atoms with Crippen molar-refractivity contribution in [1.29, 1.82) is 0 Å². The van der Waals surface area contributed by atoms with Crippen molar-refractivity contribution in [3.8, 4) is 0 Å². The molecular formula is C13H20FN3O3. The fraction of sp³-hybridized carbons (Fsp3) is 0.462. The van der Waals surface area contributed by atoms with Crippen LogP contribution in [0.4, 0.5) is 15.8 Å². The van der Waals surface area contributed by atoms with Gasteiger partial charge >= 0.3 is 0 Å². The second-order valence-corrected chi connectivity index (χ2v) is 4.59. The summed E-state index contributed by atoms with van der Waals surface area (Å²) in [6.07, 6.45) is -0.679. The van der Waals surface area contributed by atoms with E-state index in [0.717, 1.165) is 0 Å². The highest BCUT2D eigenvalue weighted by Gasteiger charge is 2.13. The molecule has 0 heterocycles. The zero-order valence-electron chi connectivity index (χ0n) is 11.6. The van der Waals surface area contributed by atoms with Crippen molar-refractivity contribution in [2.24, 2.45) is 0 Å². The maximum Gasteiger partial charge on any atom is 0.238 e. The minimum atomic E-state index is -0.679. The minimum Gasteiger partial charge on any atom is -0.399 e. The molecule has 0 saturated heterocycles. The molecule has 0 spiro atoms. The molecule has 0 bridgehead atoms. The Morgan fingerprint density at radius 3 is 2.95 bits per heavy atom. The number of aliphatic hydroxyl groups is 1. The van der Waals surface area contributed by atoms with Crippen molar-refractivity contribution >= 4 is 17.3 Å². The van der Waals surface area contributed by atoms with Crippen molar-refractivity contribution < 1.29 is 19.0 Å². The molecule has 4 N–H and O–H groups in total. The number of nitrogen functional groups attached to an aromatic ring is 1. The summed E-state index contributed by atoms with van der Waals surface area (Å²) in [5.74, 6) is -0.934. The highest BCUT2D eigenvalue weighted by atomic mass is 19.1. The van der Waals surface area contributed by atoms with Crippen LogP contribution in [-0.2, 0) is 9.53 Å². The zero-order valence-corrected chi connectivity index (χ0v) is 11.6. The average molecular weight is 285 g/mol. The van der Waals surface area contributed by atoms with Crippen LogP contribution in [0.1, 0.15) is 0 Å². The number of likely N-dealkylation sites (N-methyl/N-ethyl adjacent to an activating group) is 1. The molecule has 7 heteroatoms. The third kappa shape index (κ3) is 5.52. The molecule has 0 fully saturated rings. The van der Waals surface area contributed by atoms with Gasteiger partial charge in [-0.25, -0.2) is 4.39 Å². The van der Waals surface area contributed by atoms with Crippen LogP contribution in [0.2, 0.25) is 0 Å². The van der Waals surface area contributed by atoms with Crippen LogP contribution in [0.25, 0.3) is 0 Å². The number of nitrogens with two attached hydrogens (primary N) is 1. The van der Waals surface area contributed by atoms with Crippen LogP contribution in [-0.4, -0.2) is 55.9 Å². The second kappa shape index (κ2) is 7.78. The number of amides is 1.